The minimum absolute atomic E-state index is 0.0101. The van der Waals surface area contributed by atoms with E-state index in [2.05, 4.69) is 28.3 Å². The predicted octanol–water partition coefficient (Wildman–Crippen LogP) is -3.32. The van der Waals surface area contributed by atoms with Crippen LogP contribution in [0.25, 0.3) is 11.2 Å². The van der Waals surface area contributed by atoms with Crippen molar-refractivity contribution in [2.24, 2.45) is 5.73 Å². The molecule has 10 atom stereocenters. The van der Waals surface area contributed by atoms with Crippen LogP contribution in [0.15, 0.2) is 41.4 Å². The van der Waals surface area contributed by atoms with E-state index in [4.69, 9.17) is 15.2 Å². The second-order valence-electron chi connectivity index (χ2n) is 9.83. The number of amides is 1. The molecular weight excluding hydrogens is 638 g/mol. The second-order valence-corrected chi connectivity index (χ2v) is 12.9. The third-order valence-electron chi connectivity index (χ3n) is 6.90. The lowest BCUT2D eigenvalue weighted by molar-refractivity contribution is -0.115. The van der Waals surface area contributed by atoms with Crippen LogP contribution >= 0.6 is 15.6 Å². The van der Waals surface area contributed by atoms with E-state index >= 15 is 0 Å². The molecule has 23 heteroatoms. The van der Waals surface area contributed by atoms with E-state index in [0.717, 1.165) is 17.2 Å². The van der Waals surface area contributed by atoms with Gasteiger partial charge in [0.05, 0.1) is 32.4 Å². The average molecular weight is 666 g/mol. The largest absolute Gasteiger partial charge is 0.481 e. The number of nitrogens with zero attached hydrogens (tertiary/aromatic N) is 4. The fourth-order valence-electron chi connectivity index (χ4n) is 4.71. The van der Waals surface area contributed by atoms with Crippen molar-refractivity contribution in [3.05, 3.63) is 46.9 Å². The summed E-state index contributed by atoms with van der Waals surface area (Å²) in [6.45, 7) is -1.88. The highest BCUT2D eigenvalue weighted by atomic mass is 31.3. The number of aliphatic hydroxyl groups is 4. The van der Waals surface area contributed by atoms with E-state index in [1.54, 1.807) is 0 Å². The number of phosphoric ester groups is 2. The average Bonchev–Trinajstić information content (AvgIpc) is 3.61. The molecule has 3 aliphatic rings. The first-order chi connectivity index (χ1) is 20.7. The Morgan fingerprint density at radius 1 is 1.00 bits per heavy atom. The highest BCUT2D eigenvalue weighted by Gasteiger charge is 2.48. The number of rotatable bonds is 11. The Morgan fingerprint density at radius 2 is 1.59 bits per heavy atom. The third-order valence-corrected chi connectivity index (χ3v) is 9.50. The van der Waals surface area contributed by atoms with Gasteiger partial charge in [-0.15, -0.1) is 0 Å². The summed E-state index contributed by atoms with van der Waals surface area (Å²) in [5.74, 6) is -0.715. The monoisotopic (exact) mass is 666 g/mol. The first-order valence-corrected chi connectivity index (χ1v) is 15.7. The van der Waals surface area contributed by atoms with E-state index < -0.39 is 89.4 Å². The number of fused-ring (bicyclic) bond motifs is 1. The molecule has 5 rings (SSSR count). The second kappa shape index (κ2) is 12.5. The van der Waals surface area contributed by atoms with Crippen LogP contribution in [0.2, 0.25) is 0 Å². The molecule has 2 aromatic rings. The lowest BCUT2D eigenvalue weighted by atomic mass is 10.1. The molecule has 2 fully saturated rings. The predicted molar refractivity (Wildman–Crippen MR) is 141 cm³/mol. The lowest BCUT2D eigenvalue weighted by Crippen LogP contribution is -2.43. The molecular formula is C21H28N6O15P2. The number of nitrogens with two attached hydrogens (primary N) is 1. The summed E-state index contributed by atoms with van der Waals surface area (Å²) in [4.78, 5) is 54.9. The number of primary amides is 1. The summed E-state index contributed by atoms with van der Waals surface area (Å²) in [7, 11) is -10.8. The van der Waals surface area contributed by atoms with Gasteiger partial charge in [0, 0.05) is 11.8 Å². The topological polar surface area (TPSA) is 312 Å². The zero-order chi connectivity index (χ0) is 32.0. The molecule has 3 aliphatic heterocycles. The number of hydrogen-bond acceptors (Lipinski definition) is 16. The molecule has 0 aliphatic carbocycles. The summed E-state index contributed by atoms with van der Waals surface area (Å²) < 4.78 is 50.6. The minimum Gasteiger partial charge on any atom is -0.387 e. The van der Waals surface area contributed by atoms with Gasteiger partial charge in [0.1, 0.15) is 36.6 Å². The Morgan fingerprint density at radius 3 is 2.20 bits per heavy atom. The Balaban J connectivity index is 1.14. The number of carbonyl (C=O) groups is 1. The van der Waals surface area contributed by atoms with Crippen molar-refractivity contribution in [2.75, 3.05) is 19.8 Å². The van der Waals surface area contributed by atoms with Crippen molar-refractivity contribution in [3.8, 4) is 0 Å². The van der Waals surface area contributed by atoms with E-state index in [9.17, 15) is 48.9 Å². The first kappa shape index (κ1) is 32.5. The van der Waals surface area contributed by atoms with Gasteiger partial charge < -0.3 is 55.3 Å². The zero-order valence-electron chi connectivity index (χ0n) is 22.2. The highest BCUT2D eigenvalue weighted by molar-refractivity contribution is 7.61. The van der Waals surface area contributed by atoms with Crippen LogP contribution in [0.1, 0.15) is 6.23 Å². The van der Waals surface area contributed by atoms with Crippen molar-refractivity contribution < 1.29 is 67.0 Å². The molecule has 21 nitrogen and oxygen atoms in total. The van der Waals surface area contributed by atoms with Crippen LogP contribution in [0.3, 0.4) is 0 Å². The SMILES string of the molecule is NC(=O)C1=CC=CN(C2OC(COP(=O)(O)OP(=O)(O)OCC3OC(n4cnc5c(=O)[nH]cnc54)C(O)C3O)C(O)C2O)C1. The molecule has 10 unspecified atom stereocenters. The minimum atomic E-state index is -5.39. The molecule has 0 saturated carbocycles. The Bertz CT molecular complexity index is 1610. The zero-order valence-corrected chi connectivity index (χ0v) is 24.0. The summed E-state index contributed by atoms with van der Waals surface area (Å²) in [6, 6.07) is 0. The molecule has 242 valence electrons. The van der Waals surface area contributed by atoms with E-state index in [0.29, 0.717) is 0 Å². The van der Waals surface area contributed by atoms with Gasteiger partial charge in [0.2, 0.25) is 5.91 Å². The smallest absolute Gasteiger partial charge is 0.387 e. The van der Waals surface area contributed by atoms with E-state index in [1.165, 1.54) is 23.3 Å². The van der Waals surface area contributed by atoms with Gasteiger partial charge in [-0.3, -0.25) is 23.2 Å². The number of H-pyrrole nitrogens is 1. The van der Waals surface area contributed by atoms with Gasteiger partial charge in [-0.1, -0.05) is 6.08 Å². The Labute approximate surface area is 245 Å². The van der Waals surface area contributed by atoms with Gasteiger partial charge in [-0.25, -0.2) is 19.1 Å². The standard InChI is InChI=1S/C21H28N6O15P2/c22-17(32)9-2-1-3-26(4-9)20-15(30)13(28)10(40-20)5-38-43(34,35)42-44(36,37)39-6-11-14(29)16(31)21(41-11)27-8-25-12-18(27)23-7-24-19(12)33/h1-3,7-8,10-11,13-16,20-21,28-31H,4-6H2,(H2,22,32)(H,34,35)(H,36,37)(H,23,24,33). The molecule has 0 bridgehead atoms. The maximum atomic E-state index is 12.4. The molecule has 1 amide bonds. The van der Waals surface area contributed by atoms with Crippen LogP contribution in [0.4, 0.5) is 0 Å². The maximum Gasteiger partial charge on any atom is 0.481 e. The molecule has 2 saturated heterocycles. The number of allylic oxidation sites excluding steroid dienone is 2. The Kier molecular flexibility index (Phi) is 9.23. The molecule has 0 aromatic carbocycles. The summed E-state index contributed by atoms with van der Waals surface area (Å²) in [6.07, 6.45) is -5.39. The molecule has 0 spiro atoms. The molecule has 0 radical (unpaired) electrons. The van der Waals surface area contributed by atoms with Crippen molar-refractivity contribution in [1.82, 2.24) is 24.4 Å². The fraction of sp³-hybridized carbons (Fsp3) is 0.524. The molecule has 9 N–H and O–H groups in total. The van der Waals surface area contributed by atoms with Gasteiger partial charge in [-0.05, 0) is 6.08 Å². The number of ether oxygens (including phenoxy) is 2. The molecule has 44 heavy (non-hydrogen) atoms. The van der Waals surface area contributed by atoms with Crippen LogP contribution < -0.4 is 11.3 Å². The third kappa shape index (κ3) is 6.70. The normalized spacial score (nSPS) is 33.3. The van der Waals surface area contributed by atoms with Crippen LogP contribution in [-0.4, -0.2) is 123 Å². The molecule has 2 aromatic heterocycles. The van der Waals surface area contributed by atoms with E-state index in [-0.39, 0.29) is 23.3 Å². The molecule has 5 heterocycles. The van der Waals surface area contributed by atoms with Gasteiger partial charge in [-0.2, -0.15) is 4.31 Å². The van der Waals surface area contributed by atoms with Crippen molar-refractivity contribution in [1.29, 1.82) is 0 Å². The maximum absolute atomic E-state index is 12.4. The van der Waals surface area contributed by atoms with Crippen LogP contribution in [0, 0.1) is 0 Å². The number of aliphatic hydroxyl groups excluding tert-OH is 4. The van der Waals surface area contributed by atoms with E-state index in [1.807, 2.05) is 0 Å². The summed E-state index contributed by atoms with van der Waals surface area (Å²) in [5.41, 5.74) is 4.81. The number of imidazole rings is 1. The summed E-state index contributed by atoms with van der Waals surface area (Å²) in [5, 5.41) is 41.6. The number of aromatic nitrogens is 4. The van der Waals surface area contributed by atoms with Crippen molar-refractivity contribution in [2.45, 2.75) is 49.1 Å². The van der Waals surface area contributed by atoms with Gasteiger partial charge in [0.15, 0.2) is 23.6 Å². The highest BCUT2D eigenvalue weighted by Crippen LogP contribution is 2.60. The fourth-order valence-corrected chi connectivity index (χ4v) is 6.80. The van der Waals surface area contributed by atoms with Gasteiger partial charge in [0.25, 0.3) is 5.56 Å². The number of carbonyl (C=O) groups excluding carboxylic acids is 1. The quantitative estimate of drug-likeness (QED) is 0.109. The summed E-state index contributed by atoms with van der Waals surface area (Å²) >= 11 is 0. The van der Waals surface area contributed by atoms with Crippen molar-refractivity contribution in [3.63, 3.8) is 0 Å². The number of aromatic amines is 1. The first-order valence-electron chi connectivity index (χ1n) is 12.7. The Hall–Kier alpha value is -2.88. The van der Waals surface area contributed by atoms with Gasteiger partial charge >= 0.3 is 15.6 Å². The number of phosphoric acid groups is 2. The van der Waals surface area contributed by atoms with Crippen LogP contribution in [0.5, 0.6) is 0 Å². The number of nitrogens with one attached hydrogen (secondary N) is 1. The lowest BCUT2D eigenvalue weighted by Gasteiger charge is -2.31. The number of hydrogen-bond donors (Lipinski definition) is 8. The van der Waals surface area contributed by atoms with Crippen LogP contribution in [-0.2, 0) is 36.8 Å². The van der Waals surface area contributed by atoms with Crippen molar-refractivity contribution >= 4 is 32.7 Å².